The monoisotopic (exact) mass is 512 g/mol. The quantitative estimate of drug-likeness (QED) is 0.469. The zero-order valence-corrected chi connectivity index (χ0v) is 20.5. The van der Waals surface area contributed by atoms with Gasteiger partial charge in [-0.15, -0.1) is 0 Å². The molecule has 2 aromatic rings. The fraction of sp³-hybridized carbons (Fsp3) is 0.500. The van der Waals surface area contributed by atoms with E-state index in [2.05, 4.69) is 25.9 Å². The van der Waals surface area contributed by atoms with Crippen LogP contribution >= 0.6 is 34.8 Å². The number of nitrogens with one attached hydrogen (secondary N) is 3. The van der Waals surface area contributed by atoms with E-state index in [1.807, 2.05) is 17.9 Å². The summed E-state index contributed by atoms with van der Waals surface area (Å²) in [6, 6.07) is 4.69. The molecule has 2 saturated heterocycles. The van der Waals surface area contributed by atoms with Crippen molar-refractivity contribution in [2.75, 3.05) is 29.9 Å². The molecule has 1 aromatic carbocycles. The molecule has 4 atom stereocenters. The highest BCUT2D eigenvalue weighted by Crippen LogP contribution is 2.31. The summed E-state index contributed by atoms with van der Waals surface area (Å²) in [6.07, 6.45) is 3.22. The fourth-order valence-corrected chi connectivity index (χ4v) is 4.94. The SMILES string of the molecule is C[C@@H](Nc1nc(N2CC[C@@H](NC(=O)[C@H]3CCCN3)[C@@H](O)C2)ncc1Cl)c1ccc(Cl)cc1Cl. The molecule has 0 unspecified atom stereocenters. The van der Waals surface area contributed by atoms with Gasteiger partial charge in [-0.25, -0.2) is 4.98 Å². The van der Waals surface area contributed by atoms with Gasteiger partial charge in [0.05, 0.1) is 30.4 Å². The van der Waals surface area contributed by atoms with Crippen LogP contribution in [0.3, 0.4) is 0 Å². The molecule has 0 bridgehead atoms. The first-order valence-corrected chi connectivity index (χ1v) is 12.2. The van der Waals surface area contributed by atoms with Crippen LogP contribution in [0.25, 0.3) is 0 Å². The highest BCUT2D eigenvalue weighted by atomic mass is 35.5. The van der Waals surface area contributed by atoms with Crippen molar-refractivity contribution in [3.63, 3.8) is 0 Å². The van der Waals surface area contributed by atoms with Gasteiger partial charge in [0.15, 0.2) is 5.82 Å². The minimum atomic E-state index is -0.730. The molecule has 8 nitrogen and oxygen atoms in total. The normalized spacial score (nSPS) is 23.9. The average Bonchev–Trinajstić information content (AvgIpc) is 3.32. The zero-order chi connectivity index (χ0) is 23.5. The number of carbonyl (C=O) groups excluding carboxylic acids is 1. The molecule has 2 fully saturated rings. The van der Waals surface area contributed by atoms with E-state index in [0.717, 1.165) is 24.9 Å². The van der Waals surface area contributed by atoms with Crippen molar-refractivity contribution in [3.8, 4) is 0 Å². The Bertz CT molecular complexity index is 1000. The van der Waals surface area contributed by atoms with Crippen molar-refractivity contribution in [1.82, 2.24) is 20.6 Å². The van der Waals surface area contributed by atoms with Crippen LogP contribution in [0.2, 0.25) is 15.1 Å². The number of halogens is 3. The van der Waals surface area contributed by atoms with Crippen molar-refractivity contribution in [3.05, 3.63) is 45.0 Å². The van der Waals surface area contributed by atoms with Crippen molar-refractivity contribution in [1.29, 1.82) is 0 Å². The molecular formula is C22H27Cl3N6O2. The number of hydrogen-bond acceptors (Lipinski definition) is 7. The number of benzene rings is 1. The van der Waals surface area contributed by atoms with Crippen LogP contribution in [0.1, 0.15) is 37.8 Å². The third-order valence-electron chi connectivity index (χ3n) is 6.08. The topological polar surface area (TPSA) is 102 Å². The summed E-state index contributed by atoms with van der Waals surface area (Å²) < 4.78 is 0. The number of hydrogen-bond donors (Lipinski definition) is 4. The van der Waals surface area contributed by atoms with Gasteiger partial charge in [-0.3, -0.25) is 4.79 Å². The number of β-amino-alcohol motifs (C(OH)–C–C–N with tert-alkyl or cyclic N) is 1. The van der Waals surface area contributed by atoms with Crippen LogP contribution in [0, 0.1) is 0 Å². The summed E-state index contributed by atoms with van der Waals surface area (Å²) >= 11 is 18.7. The summed E-state index contributed by atoms with van der Waals surface area (Å²) in [6.45, 7) is 3.71. The van der Waals surface area contributed by atoms with E-state index in [1.54, 1.807) is 12.1 Å². The lowest BCUT2D eigenvalue weighted by atomic mass is 10.0. The first-order valence-electron chi connectivity index (χ1n) is 11.0. The standard InChI is InChI=1S/C22H27Cl3N6O2/c1-12(14-5-4-13(23)9-15(14)24)28-20-16(25)10-27-22(30-20)31-8-6-17(19(32)11-31)29-21(33)18-3-2-7-26-18/h4-5,9-10,12,17-19,26,32H,2-3,6-8,11H2,1H3,(H,29,33)(H,27,28,30)/t12-,17-,18-,19+/m1/s1. The lowest BCUT2D eigenvalue weighted by Crippen LogP contribution is -2.56. The molecule has 4 rings (SSSR count). The van der Waals surface area contributed by atoms with E-state index in [-0.39, 0.29) is 24.0 Å². The summed E-state index contributed by atoms with van der Waals surface area (Å²) in [4.78, 5) is 23.2. The number of aliphatic hydroxyl groups excluding tert-OH is 1. The Balaban J connectivity index is 1.40. The molecule has 178 valence electrons. The van der Waals surface area contributed by atoms with E-state index in [9.17, 15) is 9.90 Å². The largest absolute Gasteiger partial charge is 0.389 e. The maximum atomic E-state index is 12.4. The van der Waals surface area contributed by atoms with Gasteiger partial charge in [0.25, 0.3) is 0 Å². The van der Waals surface area contributed by atoms with Gasteiger partial charge >= 0.3 is 0 Å². The van der Waals surface area contributed by atoms with E-state index < -0.39 is 6.10 Å². The van der Waals surface area contributed by atoms with Crippen LogP contribution in [-0.4, -0.2) is 58.8 Å². The predicted octanol–water partition coefficient (Wildman–Crippen LogP) is 3.42. The van der Waals surface area contributed by atoms with Crippen LogP contribution in [-0.2, 0) is 4.79 Å². The number of aliphatic hydroxyl groups is 1. The Hall–Kier alpha value is -1.84. The lowest BCUT2D eigenvalue weighted by molar-refractivity contribution is -0.124. The summed E-state index contributed by atoms with van der Waals surface area (Å²) in [5, 5.41) is 21.6. The molecule has 1 amide bonds. The summed E-state index contributed by atoms with van der Waals surface area (Å²) in [5.74, 6) is 0.879. The second kappa shape index (κ2) is 10.6. The molecule has 3 heterocycles. The second-order valence-corrected chi connectivity index (χ2v) is 9.72. The summed E-state index contributed by atoms with van der Waals surface area (Å²) in [5.41, 5.74) is 0.862. The number of carbonyl (C=O) groups is 1. The third-order valence-corrected chi connectivity index (χ3v) is 6.92. The molecule has 11 heteroatoms. The number of amides is 1. The molecular weight excluding hydrogens is 487 g/mol. The van der Waals surface area contributed by atoms with Crippen LogP contribution < -0.4 is 20.9 Å². The Labute approximate surface area is 208 Å². The van der Waals surface area contributed by atoms with Gasteiger partial charge in [-0.05, 0) is 50.4 Å². The fourth-order valence-electron chi connectivity index (χ4n) is 4.22. The number of aromatic nitrogens is 2. The van der Waals surface area contributed by atoms with Crippen LogP contribution in [0.4, 0.5) is 11.8 Å². The van der Waals surface area contributed by atoms with E-state index in [1.165, 1.54) is 6.20 Å². The van der Waals surface area contributed by atoms with Crippen molar-refractivity contribution >= 4 is 52.5 Å². The highest BCUT2D eigenvalue weighted by Gasteiger charge is 2.32. The molecule has 0 aliphatic carbocycles. The van der Waals surface area contributed by atoms with Gasteiger partial charge in [-0.1, -0.05) is 40.9 Å². The van der Waals surface area contributed by atoms with E-state index in [0.29, 0.717) is 46.3 Å². The Morgan fingerprint density at radius 3 is 2.79 bits per heavy atom. The van der Waals surface area contributed by atoms with E-state index in [4.69, 9.17) is 34.8 Å². The van der Waals surface area contributed by atoms with Crippen LogP contribution in [0.5, 0.6) is 0 Å². The molecule has 2 aliphatic rings. The maximum absolute atomic E-state index is 12.4. The lowest BCUT2D eigenvalue weighted by Gasteiger charge is -2.36. The number of anilines is 2. The van der Waals surface area contributed by atoms with Gasteiger partial charge in [0, 0.05) is 23.1 Å². The highest BCUT2D eigenvalue weighted by molar-refractivity contribution is 6.35. The number of rotatable bonds is 6. The zero-order valence-electron chi connectivity index (χ0n) is 18.2. The first kappa shape index (κ1) is 24.3. The van der Waals surface area contributed by atoms with Gasteiger partial charge in [-0.2, -0.15) is 4.98 Å². The average molecular weight is 514 g/mol. The summed E-state index contributed by atoms with van der Waals surface area (Å²) in [7, 11) is 0. The van der Waals surface area contributed by atoms with Crippen LogP contribution in [0.15, 0.2) is 24.4 Å². The molecule has 0 radical (unpaired) electrons. The first-order chi connectivity index (χ1) is 15.8. The molecule has 2 aliphatic heterocycles. The Morgan fingerprint density at radius 1 is 1.27 bits per heavy atom. The molecule has 33 heavy (non-hydrogen) atoms. The van der Waals surface area contributed by atoms with Gasteiger partial charge in [0.1, 0.15) is 5.02 Å². The number of nitrogens with zero attached hydrogens (tertiary/aromatic N) is 3. The Kier molecular flexibility index (Phi) is 7.81. The van der Waals surface area contributed by atoms with E-state index >= 15 is 0 Å². The minimum Gasteiger partial charge on any atom is -0.389 e. The second-order valence-electron chi connectivity index (χ2n) is 8.46. The molecule has 1 aromatic heterocycles. The number of piperidine rings is 1. The van der Waals surface area contributed by atoms with Crippen molar-refractivity contribution in [2.24, 2.45) is 0 Å². The smallest absolute Gasteiger partial charge is 0.237 e. The Morgan fingerprint density at radius 2 is 2.09 bits per heavy atom. The maximum Gasteiger partial charge on any atom is 0.237 e. The molecule has 0 saturated carbocycles. The van der Waals surface area contributed by atoms with Gasteiger partial charge < -0.3 is 26.0 Å². The molecule has 0 spiro atoms. The van der Waals surface area contributed by atoms with Crippen molar-refractivity contribution in [2.45, 2.75) is 50.4 Å². The van der Waals surface area contributed by atoms with Gasteiger partial charge in [0.2, 0.25) is 11.9 Å². The van der Waals surface area contributed by atoms with Crippen molar-refractivity contribution < 1.29 is 9.90 Å². The minimum absolute atomic E-state index is 0.0472. The molecule has 4 N–H and O–H groups in total. The third kappa shape index (κ3) is 5.81. The predicted molar refractivity (Wildman–Crippen MR) is 131 cm³/mol.